The highest BCUT2D eigenvalue weighted by atomic mass is 32.5. The van der Waals surface area contributed by atoms with Gasteiger partial charge in [0.05, 0.1) is 25.3 Å². The lowest BCUT2D eigenvalue weighted by Crippen LogP contribution is -2.26. The first-order valence-electron chi connectivity index (χ1n) is 5.74. The van der Waals surface area contributed by atoms with E-state index in [2.05, 4.69) is 5.16 Å². The number of rotatable bonds is 4. The summed E-state index contributed by atoms with van der Waals surface area (Å²) in [6.45, 7) is 0.407. The van der Waals surface area contributed by atoms with Crippen molar-refractivity contribution in [3.8, 4) is 0 Å². The van der Waals surface area contributed by atoms with Crippen LogP contribution >= 0.6 is 30.5 Å². The predicted octanol–water partition coefficient (Wildman–Crippen LogP) is 2.91. The Balaban J connectivity index is 2.50. The van der Waals surface area contributed by atoms with Crippen LogP contribution in [0, 0.1) is 0 Å². The van der Waals surface area contributed by atoms with Crippen LogP contribution in [0.4, 0.5) is 4.79 Å². The molecule has 116 valence electrons. The van der Waals surface area contributed by atoms with Crippen LogP contribution in [0.25, 0.3) is 0 Å². The second-order valence-electron chi connectivity index (χ2n) is 3.70. The highest BCUT2D eigenvalue weighted by Gasteiger charge is 2.31. The zero-order valence-corrected chi connectivity index (χ0v) is 15.1. The summed E-state index contributed by atoms with van der Waals surface area (Å²) in [6.07, 6.45) is 2.09. The van der Waals surface area contributed by atoms with Gasteiger partial charge in [0, 0.05) is 14.1 Å². The normalized spacial score (nSPS) is 18.9. The van der Waals surface area contributed by atoms with Crippen molar-refractivity contribution >= 4 is 53.5 Å². The number of carbonyl (C=O) groups is 1. The van der Waals surface area contributed by atoms with Crippen molar-refractivity contribution in [2.24, 2.45) is 5.16 Å². The highest BCUT2D eigenvalue weighted by Crippen LogP contribution is 2.56. The summed E-state index contributed by atoms with van der Waals surface area (Å²) in [7, 11) is 3.30. The van der Waals surface area contributed by atoms with E-state index in [9.17, 15) is 4.79 Å². The number of hydrogen-bond acceptors (Lipinski definition) is 8. The van der Waals surface area contributed by atoms with E-state index in [0.29, 0.717) is 18.3 Å². The van der Waals surface area contributed by atoms with E-state index in [4.69, 9.17) is 25.7 Å². The predicted molar refractivity (Wildman–Crippen MR) is 87.0 cm³/mol. The Morgan fingerprint density at radius 1 is 1.40 bits per heavy atom. The van der Waals surface area contributed by atoms with Gasteiger partial charge in [0.2, 0.25) is 0 Å². The van der Waals surface area contributed by atoms with Gasteiger partial charge in [-0.05, 0) is 31.4 Å². The molecule has 7 nitrogen and oxygen atoms in total. The first-order valence-corrected chi connectivity index (χ1v) is 10.3. The Kier molecular flexibility index (Phi) is 7.81. The molecule has 1 aliphatic heterocycles. The number of carbonyl (C=O) groups excluding carboxylic acids is 1. The van der Waals surface area contributed by atoms with E-state index < -0.39 is 12.7 Å². The van der Waals surface area contributed by atoms with E-state index in [1.54, 1.807) is 25.1 Å². The lowest BCUT2D eigenvalue weighted by molar-refractivity contribution is 0.136. The minimum absolute atomic E-state index is 0.577. The van der Waals surface area contributed by atoms with Crippen molar-refractivity contribution in [2.75, 3.05) is 33.6 Å². The molecule has 11 heteroatoms. The number of oxime groups is 1. The molecule has 0 aliphatic carbocycles. The second-order valence-corrected chi connectivity index (χ2v) is 9.67. The number of hydrogen-bond donors (Lipinski definition) is 0. The smallest absolute Gasteiger partial charge is 0.317 e. The second kappa shape index (κ2) is 8.57. The lowest BCUT2D eigenvalue weighted by Gasteiger charge is -2.33. The van der Waals surface area contributed by atoms with Crippen LogP contribution in [0.1, 0.15) is 13.3 Å². The van der Waals surface area contributed by atoms with Gasteiger partial charge >= 0.3 is 6.09 Å². The van der Waals surface area contributed by atoms with Crippen molar-refractivity contribution in [1.29, 1.82) is 0 Å². The van der Waals surface area contributed by atoms with Crippen molar-refractivity contribution < 1.29 is 18.7 Å². The number of thioether (sulfide) groups is 1. The van der Waals surface area contributed by atoms with Crippen LogP contribution in [0.5, 0.6) is 0 Å². The summed E-state index contributed by atoms with van der Waals surface area (Å²) in [4.78, 5) is 16.5. The lowest BCUT2D eigenvalue weighted by atomic mass is 10.5. The van der Waals surface area contributed by atoms with Gasteiger partial charge < -0.3 is 9.05 Å². The molecule has 1 fully saturated rings. The van der Waals surface area contributed by atoms with Gasteiger partial charge in [0.1, 0.15) is 5.04 Å². The van der Waals surface area contributed by atoms with Crippen LogP contribution in [0.3, 0.4) is 0 Å². The molecule has 1 aliphatic rings. The van der Waals surface area contributed by atoms with Crippen LogP contribution in [0.15, 0.2) is 5.16 Å². The quantitative estimate of drug-likeness (QED) is 0.190. The zero-order valence-electron chi connectivity index (χ0n) is 11.8. The molecule has 0 aromatic carbocycles. The molecule has 0 atom stereocenters. The van der Waals surface area contributed by atoms with Gasteiger partial charge in [0.15, 0.2) is 0 Å². The van der Waals surface area contributed by atoms with Gasteiger partial charge in [0.25, 0.3) is 6.64 Å². The first-order chi connectivity index (χ1) is 9.39. The fraction of sp³-hybridized carbons (Fsp3) is 0.778. The summed E-state index contributed by atoms with van der Waals surface area (Å²) >= 11 is 7.85. The maximum absolute atomic E-state index is 11.7. The van der Waals surface area contributed by atoms with Gasteiger partial charge in [-0.25, -0.2) is 9.10 Å². The maximum atomic E-state index is 11.7. The highest BCUT2D eigenvalue weighted by molar-refractivity contribution is 8.15. The van der Waals surface area contributed by atoms with E-state index in [0.717, 1.165) is 18.6 Å². The third kappa shape index (κ3) is 5.51. The molecule has 0 aromatic heterocycles. The largest absolute Gasteiger partial charge is 0.446 e. The molecule has 20 heavy (non-hydrogen) atoms. The summed E-state index contributed by atoms with van der Waals surface area (Å²) in [6, 6.07) is 0. The van der Waals surface area contributed by atoms with Gasteiger partial charge in [-0.15, -0.1) is 11.8 Å². The van der Waals surface area contributed by atoms with Gasteiger partial charge in [-0.3, -0.25) is 4.84 Å². The SMILES string of the molecule is CSC(C)=NOC(=O)N(C)SN(C)P1(=S)OCCCO1. The maximum Gasteiger partial charge on any atom is 0.446 e. The van der Waals surface area contributed by atoms with E-state index in [-0.39, 0.29) is 0 Å². The molecular weight excluding hydrogens is 341 g/mol. The molecule has 1 heterocycles. The Morgan fingerprint density at radius 2 is 2.00 bits per heavy atom. The number of amides is 1. The van der Waals surface area contributed by atoms with Crippen LogP contribution in [-0.4, -0.2) is 53.1 Å². The average Bonchev–Trinajstić information content (AvgIpc) is 2.44. The third-order valence-electron chi connectivity index (χ3n) is 2.19. The van der Waals surface area contributed by atoms with Gasteiger partial charge in [-0.1, -0.05) is 5.16 Å². The standard InChI is InChI=1S/C9H18N3O4PS3/c1-8(19-4)10-16-9(13)11(2)20-12(3)17(18)14-6-5-7-15-17/h5-7H2,1-4H3. The Morgan fingerprint density at radius 3 is 2.55 bits per heavy atom. The van der Waals surface area contributed by atoms with Crippen LogP contribution in [-0.2, 0) is 25.7 Å². The monoisotopic (exact) mass is 359 g/mol. The molecule has 0 radical (unpaired) electrons. The van der Waals surface area contributed by atoms with Crippen molar-refractivity contribution in [2.45, 2.75) is 13.3 Å². The minimum Gasteiger partial charge on any atom is -0.317 e. The topological polar surface area (TPSA) is 63.6 Å². The van der Waals surface area contributed by atoms with Crippen molar-refractivity contribution in [1.82, 2.24) is 8.38 Å². The van der Waals surface area contributed by atoms with Crippen molar-refractivity contribution in [3.05, 3.63) is 0 Å². The number of nitrogens with zero attached hydrogens (tertiary/aromatic N) is 3. The summed E-state index contributed by atoms with van der Waals surface area (Å²) in [5, 5.41) is 4.34. The van der Waals surface area contributed by atoms with Crippen LogP contribution < -0.4 is 0 Å². The van der Waals surface area contributed by atoms with E-state index in [1.165, 1.54) is 16.1 Å². The fourth-order valence-electron chi connectivity index (χ4n) is 1.07. The Hall–Kier alpha value is 0.170. The Labute approximate surface area is 132 Å². The summed E-state index contributed by atoms with van der Waals surface area (Å²) in [5.41, 5.74) is 0. The van der Waals surface area contributed by atoms with E-state index >= 15 is 0 Å². The molecule has 0 bridgehead atoms. The molecule has 0 saturated carbocycles. The molecule has 1 saturated heterocycles. The van der Waals surface area contributed by atoms with Gasteiger partial charge in [-0.2, -0.15) is 4.08 Å². The first kappa shape index (κ1) is 18.2. The van der Waals surface area contributed by atoms with E-state index in [1.807, 2.05) is 6.26 Å². The third-order valence-corrected chi connectivity index (χ3v) is 7.73. The summed E-state index contributed by atoms with van der Waals surface area (Å²) < 4.78 is 14.0. The summed E-state index contributed by atoms with van der Waals surface area (Å²) in [5.74, 6) is 0. The minimum atomic E-state index is -2.50. The molecule has 1 amide bonds. The fourth-order valence-corrected chi connectivity index (χ4v) is 4.44. The van der Waals surface area contributed by atoms with Crippen molar-refractivity contribution in [3.63, 3.8) is 0 Å². The molecule has 0 spiro atoms. The molecule has 0 N–H and O–H groups in total. The molecular formula is C9H18N3O4PS3. The Bertz CT molecular complexity index is 413. The molecule has 1 rings (SSSR count). The molecule has 0 aromatic rings. The molecule has 0 unspecified atom stereocenters. The van der Waals surface area contributed by atoms with Crippen LogP contribution in [0.2, 0.25) is 0 Å². The average molecular weight is 359 g/mol. The zero-order chi connectivity index (χ0) is 15.2.